The number of carbonyl (C=O) groups is 1. The minimum Gasteiger partial charge on any atom is -0.462 e. The zero-order valence-corrected chi connectivity index (χ0v) is 16.7. The van der Waals surface area contributed by atoms with E-state index in [4.69, 9.17) is 4.74 Å². The van der Waals surface area contributed by atoms with Crippen molar-refractivity contribution in [2.24, 2.45) is 0 Å². The Kier molecular flexibility index (Phi) is 19.6. The van der Waals surface area contributed by atoms with Gasteiger partial charge in [0.1, 0.15) is 6.61 Å². The van der Waals surface area contributed by atoms with Crippen molar-refractivity contribution in [2.75, 3.05) is 6.61 Å². The molecule has 0 saturated heterocycles. The lowest BCUT2D eigenvalue weighted by atomic mass is 10.1. The first-order valence-electron chi connectivity index (χ1n) is 10.4. The molecule has 0 aromatic rings. The maximum Gasteiger partial charge on any atom is 0.302 e. The molecule has 0 amide bonds. The predicted molar refractivity (Wildman–Crippen MR) is 110 cm³/mol. The van der Waals surface area contributed by atoms with Gasteiger partial charge in [-0.3, -0.25) is 4.79 Å². The van der Waals surface area contributed by atoms with Crippen molar-refractivity contribution in [1.29, 1.82) is 0 Å². The van der Waals surface area contributed by atoms with E-state index in [9.17, 15) is 4.79 Å². The van der Waals surface area contributed by atoms with Crippen molar-refractivity contribution in [3.8, 4) is 0 Å². The first-order chi connectivity index (χ1) is 12.3. The minimum atomic E-state index is -0.222. The van der Waals surface area contributed by atoms with Gasteiger partial charge >= 0.3 is 5.97 Å². The van der Waals surface area contributed by atoms with Crippen LogP contribution in [0.5, 0.6) is 0 Å². The Bertz CT molecular complexity index is 366. The Morgan fingerprint density at radius 1 is 0.640 bits per heavy atom. The molecule has 0 saturated carbocycles. The minimum absolute atomic E-state index is 0.222. The average molecular weight is 349 g/mol. The molecule has 0 atom stereocenters. The monoisotopic (exact) mass is 348 g/mol. The maximum atomic E-state index is 10.6. The summed E-state index contributed by atoms with van der Waals surface area (Å²) in [7, 11) is 0. The molecule has 2 heteroatoms. The molecule has 0 radical (unpaired) electrons. The van der Waals surface area contributed by atoms with Crippen molar-refractivity contribution in [1.82, 2.24) is 0 Å². The summed E-state index contributed by atoms with van der Waals surface area (Å²) >= 11 is 0. The number of hydrogen-bond acceptors (Lipinski definition) is 2. The Labute approximate surface area is 156 Å². The van der Waals surface area contributed by atoms with Gasteiger partial charge in [0.2, 0.25) is 0 Å². The smallest absolute Gasteiger partial charge is 0.302 e. The van der Waals surface area contributed by atoms with E-state index < -0.39 is 0 Å². The molecule has 0 rings (SSSR count). The van der Waals surface area contributed by atoms with Gasteiger partial charge < -0.3 is 4.74 Å². The van der Waals surface area contributed by atoms with E-state index in [2.05, 4.69) is 37.3 Å². The summed E-state index contributed by atoms with van der Waals surface area (Å²) in [6.45, 7) is 4.10. The van der Waals surface area contributed by atoms with Crippen molar-refractivity contribution in [3.05, 3.63) is 36.5 Å². The van der Waals surface area contributed by atoms with Gasteiger partial charge in [-0.1, -0.05) is 88.3 Å². The second kappa shape index (κ2) is 20.7. The zero-order valence-electron chi connectivity index (χ0n) is 16.7. The second-order valence-corrected chi connectivity index (χ2v) is 6.64. The van der Waals surface area contributed by atoms with Gasteiger partial charge in [0.05, 0.1) is 0 Å². The van der Waals surface area contributed by atoms with Crippen molar-refractivity contribution < 1.29 is 9.53 Å². The highest BCUT2D eigenvalue weighted by atomic mass is 16.5. The van der Waals surface area contributed by atoms with E-state index in [1.807, 2.05) is 6.08 Å². The molecule has 0 bridgehead atoms. The molecule has 0 heterocycles. The van der Waals surface area contributed by atoms with Crippen LogP contribution in [0.2, 0.25) is 0 Å². The molecule has 25 heavy (non-hydrogen) atoms. The molecule has 144 valence electrons. The third kappa shape index (κ3) is 22.7. The SMILES string of the molecule is CCCCCCCCCC/C=C/CC/C=C/CC/C=C/COC(C)=O. The molecule has 0 N–H and O–H groups in total. The Hall–Kier alpha value is -1.31. The van der Waals surface area contributed by atoms with Gasteiger partial charge in [-0.25, -0.2) is 0 Å². The summed E-state index contributed by atoms with van der Waals surface area (Å²) in [5, 5.41) is 0. The Balaban J connectivity index is 3.25. The highest BCUT2D eigenvalue weighted by Gasteiger charge is 1.90. The fraction of sp³-hybridized carbons (Fsp3) is 0.696. The van der Waals surface area contributed by atoms with Gasteiger partial charge in [-0.05, 0) is 38.5 Å². The first kappa shape index (κ1) is 23.7. The third-order valence-corrected chi connectivity index (χ3v) is 4.11. The molecule has 0 aromatic carbocycles. The number of ether oxygens (including phenoxy) is 1. The third-order valence-electron chi connectivity index (χ3n) is 4.11. The molecule has 0 aromatic heterocycles. The van der Waals surface area contributed by atoms with Crippen LogP contribution < -0.4 is 0 Å². The fourth-order valence-electron chi connectivity index (χ4n) is 2.60. The quantitative estimate of drug-likeness (QED) is 0.156. The molecule has 0 aliphatic rings. The highest BCUT2D eigenvalue weighted by molar-refractivity contribution is 5.65. The Morgan fingerprint density at radius 2 is 1.08 bits per heavy atom. The van der Waals surface area contributed by atoms with Crippen molar-refractivity contribution in [3.63, 3.8) is 0 Å². The summed E-state index contributed by atoms with van der Waals surface area (Å²) in [4.78, 5) is 10.6. The number of carbonyl (C=O) groups excluding carboxylic acids is 1. The van der Waals surface area contributed by atoms with Crippen molar-refractivity contribution in [2.45, 2.75) is 97.3 Å². The van der Waals surface area contributed by atoms with E-state index in [1.165, 1.54) is 64.7 Å². The van der Waals surface area contributed by atoms with Crippen LogP contribution in [0.1, 0.15) is 97.3 Å². The zero-order chi connectivity index (χ0) is 18.4. The lowest BCUT2D eigenvalue weighted by Gasteiger charge is -1.99. The number of hydrogen-bond donors (Lipinski definition) is 0. The first-order valence-corrected chi connectivity index (χ1v) is 10.4. The van der Waals surface area contributed by atoms with Crippen LogP contribution in [0.15, 0.2) is 36.5 Å². The molecule has 0 aliphatic carbocycles. The fourth-order valence-corrected chi connectivity index (χ4v) is 2.60. The summed E-state index contributed by atoms with van der Waals surface area (Å²) in [6.07, 6.45) is 29.9. The summed E-state index contributed by atoms with van der Waals surface area (Å²) in [6, 6.07) is 0. The van der Waals surface area contributed by atoms with Gasteiger partial charge in [0.25, 0.3) is 0 Å². The Morgan fingerprint density at radius 3 is 1.60 bits per heavy atom. The predicted octanol–water partition coefficient (Wildman–Crippen LogP) is 7.31. The highest BCUT2D eigenvalue weighted by Crippen LogP contribution is 2.10. The van der Waals surface area contributed by atoms with Crippen LogP contribution in [-0.4, -0.2) is 12.6 Å². The van der Waals surface area contributed by atoms with Crippen LogP contribution in [0.3, 0.4) is 0 Å². The van der Waals surface area contributed by atoms with Crippen LogP contribution in [0, 0.1) is 0 Å². The summed E-state index contributed by atoms with van der Waals surface area (Å²) in [5.41, 5.74) is 0. The van der Waals surface area contributed by atoms with Gasteiger partial charge in [0, 0.05) is 6.92 Å². The molecular formula is C23H40O2. The number of esters is 1. The van der Waals surface area contributed by atoms with Gasteiger partial charge in [0.15, 0.2) is 0 Å². The van der Waals surface area contributed by atoms with E-state index in [0.29, 0.717) is 6.61 Å². The van der Waals surface area contributed by atoms with Crippen LogP contribution in [-0.2, 0) is 9.53 Å². The summed E-state index contributed by atoms with van der Waals surface area (Å²) < 4.78 is 4.82. The molecule has 0 fully saturated rings. The lowest BCUT2D eigenvalue weighted by molar-refractivity contribution is -0.139. The van der Waals surface area contributed by atoms with Gasteiger partial charge in [-0.2, -0.15) is 0 Å². The van der Waals surface area contributed by atoms with E-state index in [0.717, 1.165) is 25.7 Å². The molecule has 2 nitrogen and oxygen atoms in total. The van der Waals surface area contributed by atoms with E-state index in [1.54, 1.807) is 0 Å². The van der Waals surface area contributed by atoms with E-state index in [-0.39, 0.29) is 5.97 Å². The van der Waals surface area contributed by atoms with Crippen molar-refractivity contribution >= 4 is 5.97 Å². The topological polar surface area (TPSA) is 26.3 Å². The second-order valence-electron chi connectivity index (χ2n) is 6.64. The van der Waals surface area contributed by atoms with Crippen LogP contribution in [0.4, 0.5) is 0 Å². The van der Waals surface area contributed by atoms with Crippen LogP contribution in [0.25, 0.3) is 0 Å². The van der Waals surface area contributed by atoms with Crippen LogP contribution >= 0.6 is 0 Å². The molecule has 0 aliphatic heterocycles. The normalized spacial score (nSPS) is 11.9. The number of rotatable bonds is 17. The molecular weight excluding hydrogens is 308 g/mol. The molecule has 0 unspecified atom stereocenters. The van der Waals surface area contributed by atoms with E-state index >= 15 is 0 Å². The maximum absolute atomic E-state index is 10.6. The standard InChI is InChI=1S/C23H40O2/c1-3-4-5-6-7-8-9-10-11-12-13-14-15-16-17-18-19-20-21-22-25-23(2)24/h12-13,16-17,20-21H,3-11,14-15,18-19,22H2,1-2H3/b13-12+,17-16+,21-20+. The summed E-state index contributed by atoms with van der Waals surface area (Å²) in [5.74, 6) is -0.222. The number of allylic oxidation sites excluding steroid dienone is 5. The lowest BCUT2D eigenvalue weighted by Crippen LogP contribution is -1.97. The molecule has 0 spiro atoms. The largest absolute Gasteiger partial charge is 0.462 e. The van der Waals surface area contributed by atoms with Gasteiger partial charge in [-0.15, -0.1) is 0 Å². The average Bonchev–Trinajstić information content (AvgIpc) is 2.60. The number of unbranched alkanes of at least 4 members (excludes halogenated alkanes) is 10.